The van der Waals surface area contributed by atoms with E-state index in [1.807, 2.05) is 17.0 Å². The molecule has 1 aromatic heterocycles. The fourth-order valence-electron chi connectivity index (χ4n) is 3.69. The minimum Gasteiger partial charge on any atom is -0.363 e. The zero-order valence-electron chi connectivity index (χ0n) is 13.7. The molecule has 0 radical (unpaired) electrons. The van der Waals surface area contributed by atoms with Crippen molar-refractivity contribution in [2.24, 2.45) is 0 Å². The molecule has 1 spiro atoms. The third-order valence-corrected chi connectivity index (χ3v) is 5.20. The first-order valence-electron chi connectivity index (χ1n) is 8.13. The van der Waals surface area contributed by atoms with Crippen molar-refractivity contribution < 1.29 is 9.53 Å². The van der Waals surface area contributed by atoms with Gasteiger partial charge in [0.1, 0.15) is 6.61 Å². The highest BCUT2D eigenvalue weighted by atomic mass is 16.5. The van der Waals surface area contributed by atoms with Crippen molar-refractivity contribution in [2.75, 3.05) is 24.6 Å². The molecule has 3 rings (SSSR count). The van der Waals surface area contributed by atoms with Gasteiger partial charge >= 0.3 is 0 Å². The van der Waals surface area contributed by atoms with E-state index in [1.165, 1.54) is 0 Å². The van der Waals surface area contributed by atoms with E-state index in [9.17, 15) is 4.79 Å². The second kappa shape index (κ2) is 5.97. The van der Waals surface area contributed by atoms with E-state index in [2.05, 4.69) is 30.7 Å². The molecule has 5 nitrogen and oxygen atoms in total. The fourth-order valence-corrected chi connectivity index (χ4v) is 3.69. The van der Waals surface area contributed by atoms with Crippen LogP contribution in [0.3, 0.4) is 0 Å². The highest BCUT2D eigenvalue weighted by Crippen LogP contribution is 2.37. The Morgan fingerprint density at radius 1 is 1.36 bits per heavy atom. The summed E-state index contributed by atoms with van der Waals surface area (Å²) in [5, 5.41) is 0. The van der Waals surface area contributed by atoms with Gasteiger partial charge in [0.25, 0.3) is 5.91 Å². The zero-order chi connectivity index (χ0) is 15.7. The van der Waals surface area contributed by atoms with E-state index < -0.39 is 0 Å². The van der Waals surface area contributed by atoms with Gasteiger partial charge < -0.3 is 14.5 Å². The number of aromatic nitrogens is 1. The Hall–Kier alpha value is -1.46. The van der Waals surface area contributed by atoms with Crippen molar-refractivity contribution in [3.8, 4) is 0 Å². The summed E-state index contributed by atoms with van der Waals surface area (Å²) in [5.41, 5.74) is 0.642. The van der Waals surface area contributed by atoms with Crippen molar-refractivity contribution in [2.45, 2.75) is 51.3 Å². The first-order chi connectivity index (χ1) is 10.5. The lowest BCUT2D eigenvalue weighted by molar-refractivity contribution is -0.153. The minimum atomic E-state index is -0.227. The van der Waals surface area contributed by atoms with Gasteiger partial charge in [-0.3, -0.25) is 9.78 Å². The number of pyridine rings is 1. The summed E-state index contributed by atoms with van der Waals surface area (Å²) in [7, 11) is 0. The average Bonchev–Trinajstić information content (AvgIpc) is 2.53. The second-order valence-corrected chi connectivity index (χ2v) is 6.63. The van der Waals surface area contributed by atoms with Gasteiger partial charge in [-0.15, -0.1) is 0 Å². The van der Waals surface area contributed by atoms with Gasteiger partial charge in [0, 0.05) is 25.3 Å². The lowest BCUT2D eigenvalue weighted by Crippen LogP contribution is -2.64. The summed E-state index contributed by atoms with van der Waals surface area (Å²) in [6.45, 7) is 8.79. The van der Waals surface area contributed by atoms with Crippen LogP contribution in [0.25, 0.3) is 0 Å². The van der Waals surface area contributed by atoms with Gasteiger partial charge in [0.2, 0.25) is 0 Å². The fraction of sp³-hybridized carbons (Fsp3) is 0.647. The number of hydrogen-bond acceptors (Lipinski definition) is 4. The van der Waals surface area contributed by atoms with Crippen molar-refractivity contribution in [3.05, 3.63) is 24.5 Å². The summed E-state index contributed by atoms with van der Waals surface area (Å²) < 4.78 is 6.07. The molecule has 5 heteroatoms. The Labute approximate surface area is 132 Å². The molecule has 0 saturated carbocycles. The Morgan fingerprint density at radius 3 is 2.68 bits per heavy atom. The normalized spacial score (nSPS) is 25.9. The maximum atomic E-state index is 12.4. The molecule has 0 N–H and O–H groups in total. The molecule has 0 aliphatic carbocycles. The predicted octanol–water partition coefficient (Wildman–Crippen LogP) is 2.08. The molecule has 0 aromatic carbocycles. The van der Waals surface area contributed by atoms with Crippen molar-refractivity contribution >= 4 is 11.6 Å². The zero-order valence-corrected chi connectivity index (χ0v) is 13.7. The number of carbonyl (C=O) groups excluding carboxylic acids is 1. The second-order valence-electron chi connectivity index (χ2n) is 6.63. The summed E-state index contributed by atoms with van der Waals surface area (Å²) in [6, 6.07) is 4.42. The highest BCUT2D eigenvalue weighted by Gasteiger charge is 2.48. The molecule has 2 fully saturated rings. The Morgan fingerprint density at radius 2 is 2.09 bits per heavy atom. The lowest BCUT2D eigenvalue weighted by Gasteiger charge is -2.52. The quantitative estimate of drug-likeness (QED) is 0.839. The molecular formula is C17H25N3O2. The van der Waals surface area contributed by atoms with Gasteiger partial charge in [-0.2, -0.15) is 0 Å². The first kappa shape index (κ1) is 15.4. The minimum absolute atomic E-state index is 0.0254. The monoisotopic (exact) mass is 303 g/mol. The summed E-state index contributed by atoms with van der Waals surface area (Å²) in [6.07, 6.45) is 5.43. The molecule has 22 heavy (non-hydrogen) atoms. The van der Waals surface area contributed by atoms with Crippen LogP contribution in [0.15, 0.2) is 24.5 Å². The number of hydrogen-bond donors (Lipinski definition) is 0. The third kappa shape index (κ3) is 2.63. The number of morpholine rings is 1. The van der Waals surface area contributed by atoms with Crippen LogP contribution < -0.4 is 4.90 Å². The number of anilines is 1. The van der Waals surface area contributed by atoms with E-state index in [0.717, 1.165) is 31.6 Å². The third-order valence-electron chi connectivity index (χ3n) is 5.20. The van der Waals surface area contributed by atoms with Crippen LogP contribution >= 0.6 is 0 Å². The largest absolute Gasteiger partial charge is 0.363 e. The standard InChI is InChI=1S/C17H25N3O2/c1-13(2)19-9-6-17(7-10-19)14(3)20(16(21)12-22-17)15-5-4-8-18-11-15/h4-5,8,11,13-14H,6-7,9-10,12H2,1-3H3/t14-/m1/s1. The molecule has 1 amide bonds. The van der Waals surface area contributed by atoms with Gasteiger partial charge in [-0.25, -0.2) is 0 Å². The number of nitrogens with zero attached hydrogens (tertiary/aromatic N) is 3. The Balaban J connectivity index is 1.82. The summed E-state index contributed by atoms with van der Waals surface area (Å²) >= 11 is 0. The van der Waals surface area contributed by atoms with Crippen LogP contribution in [0.5, 0.6) is 0 Å². The highest BCUT2D eigenvalue weighted by molar-refractivity contribution is 5.95. The van der Waals surface area contributed by atoms with Crippen LogP contribution in [-0.4, -0.2) is 53.2 Å². The first-order valence-corrected chi connectivity index (χ1v) is 8.13. The van der Waals surface area contributed by atoms with Crippen LogP contribution in [0.1, 0.15) is 33.6 Å². The van der Waals surface area contributed by atoms with E-state index in [4.69, 9.17) is 4.74 Å². The summed E-state index contributed by atoms with van der Waals surface area (Å²) in [4.78, 5) is 20.9. The average molecular weight is 303 g/mol. The molecule has 120 valence electrons. The Kier molecular flexibility index (Phi) is 4.19. The van der Waals surface area contributed by atoms with Gasteiger partial charge in [0.05, 0.1) is 23.5 Å². The molecule has 2 saturated heterocycles. The molecule has 2 aliphatic heterocycles. The van der Waals surface area contributed by atoms with Crippen molar-refractivity contribution in [1.82, 2.24) is 9.88 Å². The molecule has 1 atom stereocenters. The molecule has 2 aliphatic rings. The van der Waals surface area contributed by atoms with Crippen molar-refractivity contribution in [1.29, 1.82) is 0 Å². The van der Waals surface area contributed by atoms with Crippen molar-refractivity contribution in [3.63, 3.8) is 0 Å². The van der Waals surface area contributed by atoms with E-state index in [1.54, 1.807) is 12.4 Å². The molecule has 0 unspecified atom stereocenters. The van der Waals surface area contributed by atoms with Crippen LogP contribution in [0.4, 0.5) is 5.69 Å². The number of carbonyl (C=O) groups is 1. The van der Waals surface area contributed by atoms with Gasteiger partial charge in [0.15, 0.2) is 0 Å². The number of likely N-dealkylation sites (tertiary alicyclic amines) is 1. The number of piperidine rings is 1. The number of amides is 1. The molecular weight excluding hydrogens is 278 g/mol. The molecule has 0 bridgehead atoms. The molecule has 3 heterocycles. The van der Waals surface area contributed by atoms with Crippen LogP contribution in [-0.2, 0) is 9.53 Å². The van der Waals surface area contributed by atoms with Crippen LogP contribution in [0.2, 0.25) is 0 Å². The number of ether oxygens (including phenoxy) is 1. The van der Waals surface area contributed by atoms with Gasteiger partial charge in [-0.05, 0) is 45.7 Å². The van der Waals surface area contributed by atoms with Gasteiger partial charge in [-0.1, -0.05) is 0 Å². The SMILES string of the molecule is CC(C)N1CCC2(CC1)OCC(=O)N(c1cccnc1)[C@@H]2C. The van der Waals surface area contributed by atoms with E-state index >= 15 is 0 Å². The van der Waals surface area contributed by atoms with Crippen LogP contribution in [0, 0.1) is 0 Å². The maximum absolute atomic E-state index is 12.4. The predicted molar refractivity (Wildman–Crippen MR) is 85.8 cm³/mol. The molecule has 1 aromatic rings. The smallest absolute Gasteiger partial charge is 0.253 e. The van der Waals surface area contributed by atoms with E-state index in [-0.39, 0.29) is 24.2 Å². The number of rotatable bonds is 2. The summed E-state index contributed by atoms with van der Waals surface area (Å²) in [5.74, 6) is 0.0254. The topological polar surface area (TPSA) is 45.7 Å². The van der Waals surface area contributed by atoms with E-state index in [0.29, 0.717) is 6.04 Å². The maximum Gasteiger partial charge on any atom is 0.253 e. The Bertz CT molecular complexity index is 524. The lowest BCUT2D eigenvalue weighted by atomic mass is 9.82.